The van der Waals surface area contributed by atoms with Crippen molar-refractivity contribution in [3.05, 3.63) is 55.7 Å². The van der Waals surface area contributed by atoms with E-state index in [2.05, 4.69) is 21.7 Å². The first-order valence-corrected chi connectivity index (χ1v) is 9.43. The summed E-state index contributed by atoms with van der Waals surface area (Å²) in [5.41, 5.74) is 7.81. The van der Waals surface area contributed by atoms with Crippen LogP contribution < -0.4 is 11.1 Å². The molecule has 0 bridgehead atoms. The SMILES string of the molecule is NCC(=O)NCC(c1ccc(Cl)c(Cl)c1)N1CCc2sccc2C1. The van der Waals surface area contributed by atoms with Crippen molar-refractivity contribution in [2.75, 3.05) is 19.6 Å². The summed E-state index contributed by atoms with van der Waals surface area (Å²) in [6.07, 6.45) is 1.02. The van der Waals surface area contributed by atoms with E-state index in [0.29, 0.717) is 16.6 Å². The third kappa shape index (κ3) is 3.92. The Morgan fingerprint density at radius 2 is 2.17 bits per heavy atom. The zero-order chi connectivity index (χ0) is 17.1. The molecule has 0 saturated heterocycles. The van der Waals surface area contributed by atoms with Gasteiger partial charge in [0.15, 0.2) is 0 Å². The lowest BCUT2D eigenvalue weighted by Gasteiger charge is -2.35. The average Bonchev–Trinajstić information content (AvgIpc) is 3.05. The predicted molar refractivity (Wildman–Crippen MR) is 99.7 cm³/mol. The van der Waals surface area contributed by atoms with Crippen LogP contribution in [0.15, 0.2) is 29.6 Å². The number of hydrogen-bond acceptors (Lipinski definition) is 4. The topological polar surface area (TPSA) is 58.4 Å². The van der Waals surface area contributed by atoms with Gasteiger partial charge in [0.05, 0.1) is 22.6 Å². The van der Waals surface area contributed by atoms with E-state index in [0.717, 1.165) is 25.1 Å². The predicted octanol–water partition coefficient (Wildman–Crippen LogP) is 3.23. The zero-order valence-corrected chi connectivity index (χ0v) is 15.4. The van der Waals surface area contributed by atoms with Crippen molar-refractivity contribution in [1.82, 2.24) is 10.2 Å². The summed E-state index contributed by atoms with van der Waals surface area (Å²) >= 11 is 14.0. The van der Waals surface area contributed by atoms with Gasteiger partial charge < -0.3 is 11.1 Å². The van der Waals surface area contributed by atoms with Crippen molar-refractivity contribution in [2.24, 2.45) is 5.73 Å². The molecule has 0 aliphatic carbocycles. The lowest BCUT2D eigenvalue weighted by Crippen LogP contribution is -2.41. The highest BCUT2D eigenvalue weighted by atomic mass is 35.5. The summed E-state index contributed by atoms with van der Waals surface area (Å²) in [5, 5.41) is 6.10. The van der Waals surface area contributed by atoms with Crippen molar-refractivity contribution in [3.63, 3.8) is 0 Å². The third-order valence-electron chi connectivity index (χ3n) is 4.28. The molecule has 4 nitrogen and oxygen atoms in total. The molecule has 1 aliphatic heterocycles. The molecule has 1 atom stereocenters. The minimum Gasteiger partial charge on any atom is -0.353 e. The monoisotopic (exact) mass is 383 g/mol. The van der Waals surface area contributed by atoms with Crippen LogP contribution in [0.5, 0.6) is 0 Å². The van der Waals surface area contributed by atoms with E-state index < -0.39 is 0 Å². The van der Waals surface area contributed by atoms with Gasteiger partial charge in [-0.3, -0.25) is 9.69 Å². The zero-order valence-electron chi connectivity index (χ0n) is 13.1. The van der Waals surface area contributed by atoms with Crippen LogP contribution in [0.3, 0.4) is 0 Å². The van der Waals surface area contributed by atoms with Crippen molar-refractivity contribution >= 4 is 40.4 Å². The first-order chi connectivity index (χ1) is 11.6. The van der Waals surface area contributed by atoms with Gasteiger partial charge >= 0.3 is 0 Å². The molecule has 1 aromatic heterocycles. The standard InChI is InChI=1S/C17H19Cl2N3OS/c18-13-2-1-11(7-14(13)19)15(9-21-17(23)8-20)22-5-3-16-12(10-22)4-6-24-16/h1-2,4,6-7,15H,3,5,8-10,20H2,(H,21,23). The maximum Gasteiger partial charge on any atom is 0.233 e. The second-order valence-electron chi connectivity index (χ2n) is 5.79. The minimum atomic E-state index is -0.159. The molecule has 3 N–H and O–H groups in total. The Kier molecular flexibility index (Phi) is 5.79. The van der Waals surface area contributed by atoms with Crippen molar-refractivity contribution in [1.29, 1.82) is 0 Å². The average molecular weight is 384 g/mol. The first-order valence-electron chi connectivity index (χ1n) is 7.79. The molecule has 3 rings (SSSR count). The van der Waals surface area contributed by atoms with Crippen molar-refractivity contribution in [3.8, 4) is 0 Å². The van der Waals surface area contributed by atoms with E-state index in [1.54, 1.807) is 6.07 Å². The molecule has 24 heavy (non-hydrogen) atoms. The van der Waals surface area contributed by atoms with E-state index in [4.69, 9.17) is 28.9 Å². The summed E-state index contributed by atoms with van der Waals surface area (Å²) in [5.74, 6) is -0.159. The maximum atomic E-state index is 11.6. The molecule has 1 aliphatic rings. The number of nitrogens with zero attached hydrogens (tertiary/aromatic N) is 1. The number of rotatable bonds is 5. The van der Waals surface area contributed by atoms with Crippen LogP contribution in [0.25, 0.3) is 0 Å². The van der Waals surface area contributed by atoms with Crippen LogP contribution in [-0.2, 0) is 17.8 Å². The summed E-state index contributed by atoms with van der Waals surface area (Å²) < 4.78 is 0. The summed E-state index contributed by atoms with van der Waals surface area (Å²) in [6.45, 7) is 2.29. The van der Waals surface area contributed by atoms with Crippen LogP contribution in [-0.4, -0.2) is 30.4 Å². The van der Waals surface area contributed by atoms with E-state index in [-0.39, 0.29) is 18.5 Å². The van der Waals surface area contributed by atoms with Crippen LogP contribution in [0, 0.1) is 0 Å². The number of halogens is 2. The third-order valence-corrected chi connectivity index (χ3v) is 6.05. The Bertz CT molecular complexity index is 734. The number of fused-ring (bicyclic) bond motifs is 1. The summed E-state index contributed by atoms with van der Waals surface area (Å²) in [4.78, 5) is 15.4. The molecule has 1 amide bonds. The van der Waals surface area contributed by atoms with Crippen LogP contribution in [0.4, 0.5) is 0 Å². The second-order valence-corrected chi connectivity index (χ2v) is 7.60. The van der Waals surface area contributed by atoms with Gasteiger partial charge in [-0.1, -0.05) is 29.3 Å². The van der Waals surface area contributed by atoms with Gasteiger partial charge in [-0.05, 0) is 41.1 Å². The van der Waals surface area contributed by atoms with Gasteiger partial charge in [-0.25, -0.2) is 0 Å². The fraction of sp³-hybridized carbons (Fsp3) is 0.353. The second kappa shape index (κ2) is 7.85. The molecule has 0 fully saturated rings. The van der Waals surface area contributed by atoms with Crippen molar-refractivity contribution in [2.45, 2.75) is 19.0 Å². The van der Waals surface area contributed by atoms with E-state index in [1.807, 2.05) is 23.5 Å². The number of carbonyl (C=O) groups excluding carboxylic acids is 1. The minimum absolute atomic E-state index is 0.0111. The van der Waals surface area contributed by atoms with E-state index >= 15 is 0 Å². The highest BCUT2D eigenvalue weighted by Gasteiger charge is 2.26. The molecule has 1 aromatic carbocycles. The molecular formula is C17H19Cl2N3OS. The van der Waals surface area contributed by atoms with Gasteiger partial charge in [0.25, 0.3) is 0 Å². The Morgan fingerprint density at radius 1 is 1.33 bits per heavy atom. The number of nitrogens with one attached hydrogen (secondary N) is 1. The number of thiophene rings is 1. The highest BCUT2D eigenvalue weighted by Crippen LogP contribution is 2.32. The molecule has 0 spiro atoms. The van der Waals surface area contributed by atoms with Crippen LogP contribution >= 0.6 is 34.5 Å². The van der Waals surface area contributed by atoms with Gasteiger partial charge in [-0.2, -0.15) is 0 Å². The molecule has 128 valence electrons. The van der Waals surface area contributed by atoms with E-state index in [1.165, 1.54) is 10.4 Å². The molecule has 2 heterocycles. The largest absolute Gasteiger partial charge is 0.353 e. The molecule has 0 saturated carbocycles. The normalized spacial score (nSPS) is 15.8. The summed E-state index contributed by atoms with van der Waals surface area (Å²) in [6, 6.07) is 7.86. The Hall–Kier alpha value is -1.11. The van der Waals surface area contributed by atoms with E-state index in [9.17, 15) is 4.79 Å². The van der Waals surface area contributed by atoms with Crippen LogP contribution in [0.1, 0.15) is 22.0 Å². The van der Waals surface area contributed by atoms with Gasteiger partial charge in [-0.15, -0.1) is 11.3 Å². The quantitative estimate of drug-likeness (QED) is 0.832. The number of hydrogen-bond donors (Lipinski definition) is 2. The summed E-state index contributed by atoms with van der Waals surface area (Å²) in [7, 11) is 0. The van der Waals surface area contributed by atoms with Crippen LogP contribution in [0.2, 0.25) is 10.0 Å². The molecular weight excluding hydrogens is 365 g/mol. The Morgan fingerprint density at radius 3 is 2.92 bits per heavy atom. The number of benzene rings is 1. The molecule has 0 radical (unpaired) electrons. The van der Waals surface area contributed by atoms with Gasteiger partial charge in [0.1, 0.15) is 0 Å². The molecule has 7 heteroatoms. The maximum absolute atomic E-state index is 11.6. The van der Waals surface area contributed by atoms with Gasteiger partial charge in [0, 0.05) is 24.5 Å². The lowest BCUT2D eigenvalue weighted by molar-refractivity contribution is -0.120. The Balaban J connectivity index is 1.84. The fourth-order valence-corrected chi connectivity index (χ4v) is 4.19. The molecule has 2 aromatic rings. The first kappa shape index (κ1) is 17.7. The smallest absolute Gasteiger partial charge is 0.233 e. The number of nitrogens with two attached hydrogens (primary N) is 1. The van der Waals surface area contributed by atoms with Gasteiger partial charge in [0.2, 0.25) is 5.91 Å². The highest BCUT2D eigenvalue weighted by molar-refractivity contribution is 7.10. The lowest BCUT2D eigenvalue weighted by atomic mass is 10.0. The van der Waals surface area contributed by atoms with Crippen molar-refractivity contribution < 1.29 is 4.79 Å². The Labute approximate surface area is 155 Å². The molecule has 1 unspecified atom stereocenters. The number of amides is 1. The number of carbonyl (C=O) groups is 1. The fourth-order valence-electron chi connectivity index (χ4n) is 3.00.